The molecule has 0 aliphatic carbocycles. The van der Waals surface area contributed by atoms with E-state index in [-0.39, 0.29) is 5.82 Å². The first-order valence-corrected chi connectivity index (χ1v) is 20.5. The molecular weight excluding hydrogens is 729 g/mol. The Hall–Kier alpha value is -4.80. The molecule has 0 nitrogen and oxygen atoms in total. The van der Waals surface area contributed by atoms with Gasteiger partial charge in [-0.1, -0.05) is 152 Å². The van der Waals surface area contributed by atoms with Gasteiger partial charge < -0.3 is 0 Å². The topological polar surface area (TPSA) is 0 Å². The summed E-state index contributed by atoms with van der Waals surface area (Å²) >= 11 is 5.99. The molecule has 0 heterocycles. The summed E-state index contributed by atoms with van der Waals surface area (Å²) in [5.41, 5.74) is 6.64. The highest BCUT2D eigenvalue weighted by atomic mass is 35.5. The van der Waals surface area contributed by atoms with Crippen molar-refractivity contribution in [3.8, 4) is 47.4 Å². The van der Waals surface area contributed by atoms with E-state index in [1.165, 1.54) is 17.7 Å². The van der Waals surface area contributed by atoms with Gasteiger partial charge in [-0.15, -0.1) is 0 Å². The first-order chi connectivity index (χ1) is 27.0. The Balaban J connectivity index is 0.000000380. The Bertz CT molecular complexity index is 1970. The fourth-order valence-corrected chi connectivity index (χ4v) is 4.59. The van der Waals surface area contributed by atoms with Gasteiger partial charge in [-0.3, -0.25) is 0 Å². The molecule has 0 fully saturated rings. The molecule has 4 aromatic rings. The van der Waals surface area contributed by atoms with Crippen molar-refractivity contribution < 1.29 is 13.2 Å². The minimum Gasteiger partial charge on any atom is -0.207 e. The van der Waals surface area contributed by atoms with Crippen LogP contribution in [0.15, 0.2) is 78.9 Å². The van der Waals surface area contributed by atoms with Crippen LogP contribution in [0.2, 0.25) is 5.02 Å². The molecule has 0 atom stereocenters. The second kappa shape index (κ2) is 28.6. The maximum Gasteiger partial charge on any atom is 0.160 e. The third-order valence-electron chi connectivity index (χ3n) is 7.86. The number of benzene rings is 4. The monoisotopic (exact) mass is 790 g/mol. The molecule has 0 unspecified atom stereocenters. The Morgan fingerprint density at radius 1 is 0.456 bits per heavy atom. The van der Waals surface area contributed by atoms with Gasteiger partial charge in [0.2, 0.25) is 0 Å². The van der Waals surface area contributed by atoms with E-state index in [0.29, 0.717) is 29.2 Å². The van der Waals surface area contributed by atoms with Crippen molar-refractivity contribution in [2.24, 2.45) is 23.7 Å². The zero-order valence-electron chi connectivity index (χ0n) is 36.1. The summed E-state index contributed by atoms with van der Waals surface area (Å²) in [7, 11) is 0. The molecule has 0 aliphatic heterocycles. The predicted molar refractivity (Wildman–Crippen MR) is 239 cm³/mol. The molecular formula is C53H62ClF3. The van der Waals surface area contributed by atoms with Crippen molar-refractivity contribution >= 4 is 11.6 Å². The normalized spacial score (nSPS) is 9.81. The van der Waals surface area contributed by atoms with E-state index in [4.69, 9.17) is 11.6 Å². The largest absolute Gasteiger partial charge is 0.207 e. The van der Waals surface area contributed by atoms with Crippen LogP contribution in [0.4, 0.5) is 13.2 Å². The number of hydrogen-bond donors (Lipinski definition) is 0. The highest BCUT2D eigenvalue weighted by molar-refractivity contribution is 6.31. The van der Waals surface area contributed by atoms with Gasteiger partial charge in [0.1, 0.15) is 5.82 Å². The molecule has 0 saturated heterocycles. The Labute approximate surface area is 349 Å². The fraction of sp³-hybridized carbons (Fsp3) is 0.396. The molecule has 4 aromatic carbocycles. The minimum absolute atomic E-state index is 0.145. The molecule has 0 spiro atoms. The minimum atomic E-state index is -0.846. The van der Waals surface area contributed by atoms with Gasteiger partial charge in [0.25, 0.3) is 0 Å². The van der Waals surface area contributed by atoms with Gasteiger partial charge in [-0.2, -0.15) is 0 Å². The lowest BCUT2D eigenvalue weighted by Gasteiger charge is -1.99. The van der Waals surface area contributed by atoms with Crippen LogP contribution in [-0.4, -0.2) is 0 Å². The van der Waals surface area contributed by atoms with Crippen LogP contribution in [0.25, 0.3) is 0 Å². The van der Waals surface area contributed by atoms with Gasteiger partial charge in [-0.05, 0) is 115 Å². The van der Waals surface area contributed by atoms with Crippen molar-refractivity contribution in [1.82, 2.24) is 0 Å². The highest BCUT2D eigenvalue weighted by Crippen LogP contribution is 2.16. The molecule has 0 amide bonds. The smallest absolute Gasteiger partial charge is 0.160 e. The summed E-state index contributed by atoms with van der Waals surface area (Å²) in [6.45, 7) is 23.2. The molecule has 0 bridgehead atoms. The molecule has 4 rings (SSSR count). The average molecular weight is 792 g/mol. The van der Waals surface area contributed by atoms with Crippen molar-refractivity contribution in [2.45, 2.75) is 115 Å². The van der Waals surface area contributed by atoms with Crippen LogP contribution < -0.4 is 0 Å². The summed E-state index contributed by atoms with van der Waals surface area (Å²) in [5.74, 6) is 24.9. The molecule has 0 aromatic heterocycles. The van der Waals surface area contributed by atoms with Gasteiger partial charge >= 0.3 is 0 Å². The standard InChI is InChI=1S/C14H17F.C14H18.C13H15Cl.C12H12F2/c1-4-13-9-8-12(10-14(13)15)7-5-6-11(2)3;1-4-13-8-10-14(11-9-13)7-5-6-12(2)3;1-10(2)5-4-6-12-8-7-11(3)13(14)9-12;1-9(2)4-3-5-10-6-7-11(13)12(14)8-10/h8-11H,4,6H2,1-3H3;8-12H,4,6H2,1-3H3;7-10H,5H2,1-3H3;6-9H,4H2,1-2H3. The van der Waals surface area contributed by atoms with Crippen LogP contribution in [0.3, 0.4) is 0 Å². The maximum atomic E-state index is 13.4. The summed E-state index contributed by atoms with van der Waals surface area (Å²) in [5, 5.41) is 0.793. The zero-order valence-corrected chi connectivity index (χ0v) is 36.8. The predicted octanol–water partition coefficient (Wildman–Crippen LogP) is 14.8. The Kier molecular flexibility index (Phi) is 25.2. The highest BCUT2D eigenvalue weighted by Gasteiger charge is 2.01. The van der Waals surface area contributed by atoms with E-state index < -0.39 is 11.6 Å². The molecule has 0 saturated carbocycles. The van der Waals surface area contributed by atoms with E-state index >= 15 is 0 Å². The molecule has 0 aliphatic rings. The quantitative estimate of drug-likeness (QED) is 0.171. The Morgan fingerprint density at radius 2 is 0.842 bits per heavy atom. The molecule has 57 heavy (non-hydrogen) atoms. The van der Waals surface area contributed by atoms with Crippen molar-refractivity contribution in [1.29, 1.82) is 0 Å². The number of rotatable bonds is 6. The van der Waals surface area contributed by atoms with Crippen LogP contribution in [-0.2, 0) is 12.8 Å². The molecule has 4 heteroatoms. The van der Waals surface area contributed by atoms with Gasteiger partial charge in [-0.25, -0.2) is 13.2 Å². The number of aryl methyl sites for hydroxylation is 3. The van der Waals surface area contributed by atoms with E-state index in [2.05, 4.69) is 134 Å². The van der Waals surface area contributed by atoms with E-state index in [1.807, 2.05) is 44.2 Å². The van der Waals surface area contributed by atoms with E-state index in [0.717, 1.165) is 83.5 Å². The van der Waals surface area contributed by atoms with Crippen molar-refractivity contribution in [3.05, 3.63) is 140 Å². The second-order valence-electron chi connectivity index (χ2n) is 15.4. The van der Waals surface area contributed by atoms with Crippen LogP contribution in [0, 0.1) is 95.4 Å². The average Bonchev–Trinajstić information content (AvgIpc) is 3.15. The summed E-state index contributed by atoms with van der Waals surface area (Å²) in [4.78, 5) is 0. The second-order valence-corrected chi connectivity index (χ2v) is 15.8. The number of hydrogen-bond acceptors (Lipinski definition) is 0. The first-order valence-electron chi connectivity index (χ1n) is 20.1. The van der Waals surface area contributed by atoms with Gasteiger partial charge in [0.15, 0.2) is 11.6 Å². The fourth-order valence-electron chi connectivity index (χ4n) is 4.41. The van der Waals surface area contributed by atoms with Crippen LogP contribution in [0.1, 0.15) is 134 Å². The molecule has 0 N–H and O–H groups in total. The third-order valence-corrected chi connectivity index (χ3v) is 8.27. The van der Waals surface area contributed by atoms with Crippen molar-refractivity contribution in [3.63, 3.8) is 0 Å². The number of halogens is 4. The molecule has 0 radical (unpaired) electrons. The lowest BCUT2D eigenvalue weighted by atomic mass is 10.1. The zero-order chi connectivity index (χ0) is 42.8. The molecule has 302 valence electrons. The third kappa shape index (κ3) is 23.8. The summed E-state index contributed by atoms with van der Waals surface area (Å²) in [6, 6.07) is 23.3. The van der Waals surface area contributed by atoms with Gasteiger partial charge in [0, 0.05) is 53.0 Å². The van der Waals surface area contributed by atoms with Crippen LogP contribution >= 0.6 is 11.6 Å². The maximum absolute atomic E-state index is 13.4. The SMILES string of the molecule is CC(C)CC#Cc1ccc(F)c(F)c1.CCc1ccc(C#CCC(C)C)cc1.CCc1ccc(C#CCC(C)C)cc1F.Cc1ccc(C#CCC(C)C)cc1Cl. The van der Waals surface area contributed by atoms with E-state index in [9.17, 15) is 13.2 Å². The van der Waals surface area contributed by atoms with E-state index in [1.54, 1.807) is 0 Å². The summed E-state index contributed by atoms with van der Waals surface area (Å²) in [6.07, 6.45) is 5.36. The van der Waals surface area contributed by atoms with Crippen LogP contribution in [0.5, 0.6) is 0 Å². The Morgan fingerprint density at radius 3 is 1.23 bits per heavy atom. The summed E-state index contributed by atoms with van der Waals surface area (Å²) < 4.78 is 38.6. The van der Waals surface area contributed by atoms with Crippen molar-refractivity contribution in [2.75, 3.05) is 0 Å². The van der Waals surface area contributed by atoms with Gasteiger partial charge in [0.05, 0.1) is 0 Å². The lowest BCUT2D eigenvalue weighted by Crippen LogP contribution is -1.88. The lowest BCUT2D eigenvalue weighted by molar-refractivity contribution is 0.508. The first kappa shape index (κ1) is 50.2.